The Bertz CT molecular complexity index is 731. The normalized spacial score (nSPS) is 19.2. The minimum Gasteiger partial charge on any atom is -0.444 e. The molecular formula is C18H27ClN2O4S. The SMILES string of the molecule is CC(C)(C)OC(=O)NCC1CCCCN1S(=O)(=O)Cc1ccccc1Cl. The van der Waals surface area contributed by atoms with Crippen LogP contribution < -0.4 is 5.32 Å². The van der Waals surface area contributed by atoms with E-state index in [-0.39, 0.29) is 18.3 Å². The topological polar surface area (TPSA) is 75.7 Å². The van der Waals surface area contributed by atoms with Gasteiger partial charge < -0.3 is 10.1 Å². The molecule has 6 nitrogen and oxygen atoms in total. The molecule has 0 aromatic heterocycles. The van der Waals surface area contributed by atoms with Crippen LogP contribution in [-0.2, 0) is 20.5 Å². The highest BCUT2D eigenvalue weighted by molar-refractivity contribution is 7.88. The first-order valence-electron chi connectivity index (χ1n) is 8.78. The van der Waals surface area contributed by atoms with Crippen molar-refractivity contribution in [2.24, 2.45) is 0 Å². The minimum absolute atomic E-state index is 0.143. The van der Waals surface area contributed by atoms with Crippen molar-refractivity contribution in [2.75, 3.05) is 13.1 Å². The molecule has 1 atom stereocenters. The minimum atomic E-state index is -3.53. The van der Waals surface area contributed by atoms with Gasteiger partial charge in [-0.3, -0.25) is 0 Å². The number of benzene rings is 1. The zero-order valence-electron chi connectivity index (χ0n) is 15.5. The van der Waals surface area contributed by atoms with E-state index in [1.54, 1.807) is 45.0 Å². The van der Waals surface area contributed by atoms with Crippen molar-refractivity contribution in [3.63, 3.8) is 0 Å². The molecule has 0 radical (unpaired) electrons. The molecule has 1 aliphatic heterocycles. The Morgan fingerprint density at radius 3 is 2.65 bits per heavy atom. The van der Waals surface area contributed by atoms with Gasteiger partial charge in [0, 0.05) is 24.2 Å². The number of sulfonamides is 1. The molecule has 1 saturated heterocycles. The van der Waals surface area contributed by atoms with Gasteiger partial charge in [0.1, 0.15) is 5.60 Å². The Morgan fingerprint density at radius 1 is 1.31 bits per heavy atom. The van der Waals surface area contributed by atoms with Crippen LogP contribution >= 0.6 is 11.6 Å². The molecule has 1 unspecified atom stereocenters. The first kappa shape index (κ1) is 21.0. The molecule has 1 aromatic rings. The Morgan fingerprint density at radius 2 is 2.00 bits per heavy atom. The molecule has 1 aliphatic rings. The third-order valence-corrected chi connectivity index (χ3v) is 6.35. The number of hydrogen-bond acceptors (Lipinski definition) is 4. The lowest BCUT2D eigenvalue weighted by Crippen LogP contribution is -2.50. The highest BCUT2D eigenvalue weighted by Crippen LogP contribution is 2.25. The lowest BCUT2D eigenvalue weighted by molar-refractivity contribution is 0.0512. The summed E-state index contributed by atoms with van der Waals surface area (Å²) in [4.78, 5) is 11.9. The standard InChI is InChI=1S/C18H27ClN2O4S/c1-18(2,3)25-17(22)20-12-15-9-6-7-11-21(15)26(23,24)13-14-8-4-5-10-16(14)19/h4-5,8,10,15H,6-7,9,11-13H2,1-3H3,(H,20,22). The predicted octanol–water partition coefficient (Wildman–Crippen LogP) is 3.55. The zero-order chi connectivity index (χ0) is 19.4. The lowest BCUT2D eigenvalue weighted by atomic mass is 10.1. The third kappa shape index (κ3) is 6.14. The summed E-state index contributed by atoms with van der Waals surface area (Å²) in [6.45, 7) is 6.04. The summed E-state index contributed by atoms with van der Waals surface area (Å²) in [5, 5.41) is 3.13. The van der Waals surface area contributed by atoms with Gasteiger partial charge in [-0.1, -0.05) is 36.2 Å². The number of carbonyl (C=O) groups excluding carboxylic acids is 1. The maximum absolute atomic E-state index is 12.9. The number of rotatable bonds is 5. The van der Waals surface area contributed by atoms with Crippen LogP contribution in [0.1, 0.15) is 45.6 Å². The van der Waals surface area contributed by atoms with E-state index >= 15 is 0 Å². The van der Waals surface area contributed by atoms with Crippen molar-refractivity contribution in [2.45, 2.75) is 57.4 Å². The van der Waals surface area contributed by atoms with Gasteiger partial charge in [-0.15, -0.1) is 0 Å². The fourth-order valence-electron chi connectivity index (χ4n) is 2.95. The molecule has 146 valence electrons. The van der Waals surface area contributed by atoms with Crippen LogP contribution in [0.25, 0.3) is 0 Å². The van der Waals surface area contributed by atoms with Gasteiger partial charge in [-0.25, -0.2) is 13.2 Å². The van der Waals surface area contributed by atoms with E-state index in [4.69, 9.17) is 16.3 Å². The van der Waals surface area contributed by atoms with E-state index in [0.29, 0.717) is 23.6 Å². The van der Waals surface area contributed by atoms with E-state index < -0.39 is 21.7 Å². The molecule has 1 fully saturated rings. The van der Waals surface area contributed by atoms with Crippen LogP contribution in [0.2, 0.25) is 5.02 Å². The molecular weight excluding hydrogens is 376 g/mol. The van der Waals surface area contributed by atoms with Gasteiger partial charge in [0.25, 0.3) is 0 Å². The van der Waals surface area contributed by atoms with Gasteiger partial charge in [-0.2, -0.15) is 4.31 Å². The van der Waals surface area contributed by atoms with Crippen LogP contribution in [0.5, 0.6) is 0 Å². The van der Waals surface area contributed by atoms with Gasteiger partial charge in [-0.05, 0) is 45.2 Å². The molecule has 1 heterocycles. The van der Waals surface area contributed by atoms with Gasteiger partial charge in [0.05, 0.1) is 5.75 Å². The number of halogens is 1. The molecule has 8 heteroatoms. The van der Waals surface area contributed by atoms with Gasteiger partial charge in [0.15, 0.2) is 0 Å². The van der Waals surface area contributed by atoms with Crippen molar-refractivity contribution in [3.05, 3.63) is 34.9 Å². The smallest absolute Gasteiger partial charge is 0.407 e. The molecule has 0 saturated carbocycles. The molecule has 1 N–H and O–H groups in total. The Labute approximate surface area is 160 Å². The number of nitrogens with one attached hydrogen (secondary N) is 1. The fraction of sp³-hybridized carbons (Fsp3) is 0.611. The molecule has 0 bridgehead atoms. The number of carbonyl (C=O) groups is 1. The number of hydrogen-bond donors (Lipinski definition) is 1. The van der Waals surface area contributed by atoms with Crippen molar-refractivity contribution in [1.29, 1.82) is 0 Å². The second kappa shape index (κ2) is 8.59. The maximum atomic E-state index is 12.9. The first-order chi connectivity index (χ1) is 12.1. The molecule has 26 heavy (non-hydrogen) atoms. The average Bonchev–Trinajstić information content (AvgIpc) is 2.54. The fourth-order valence-corrected chi connectivity index (χ4v) is 5.09. The maximum Gasteiger partial charge on any atom is 0.407 e. The first-order valence-corrected chi connectivity index (χ1v) is 10.8. The quantitative estimate of drug-likeness (QED) is 0.817. The van der Waals surface area contributed by atoms with Crippen molar-refractivity contribution in [1.82, 2.24) is 9.62 Å². The van der Waals surface area contributed by atoms with E-state index in [1.165, 1.54) is 4.31 Å². The Hall–Kier alpha value is -1.31. The van der Waals surface area contributed by atoms with Crippen LogP contribution in [0, 0.1) is 0 Å². The van der Waals surface area contributed by atoms with Gasteiger partial charge >= 0.3 is 6.09 Å². The average molecular weight is 403 g/mol. The molecule has 0 aliphatic carbocycles. The number of alkyl carbamates (subject to hydrolysis) is 1. The molecule has 1 aromatic carbocycles. The Balaban J connectivity index is 2.05. The molecule has 0 spiro atoms. The van der Waals surface area contributed by atoms with Crippen LogP contribution in [0.4, 0.5) is 4.79 Å². The summed E-state index contributed by atoms with van der Waals surface area (Å²) < 4.78 is 32.6. The summed E-state index contributed by atoms with van der Waals surface area (Å²) in [6, 6.07) is 6.67. The van der Waals surface area contributed by atoms with Crippen molar-refractivity contribution < 1.29 is 17.9 Å². The summed E-state index contributed by atoms with van der Waals surface area (Å²) in [5.41, 5.74) is -0.00877. The third-order valence-electron chi connectivity index (χ3n) is 4.11. The summed E-state index contributed by atoms with van der Waals surface area (Å²) in [6.07, 6.45) is 1.91. The van der Waals surface area contributed by atoms with Crippen LogP contribution in [0.3, 0.4) is 0 Å². The number of nitrogens with zero attached hydrogens (tertiary/aromatic N) is 1. The van der Waals surface area contributed by atoms with E-state index in [1.807, 2.05) is 0 Å². The predicted molar refractivity (Wildman–Crippen MR) is 103 cm³/mol. The van der Waals surface area contributed by atoms with Gasteiger partial charge in [0.2, 0.25) is 10.0 Å². The highest BCUT2D eigenvalue weighted by Gasteiger charge is 2.33. The van der Waals surface area contributed by atoms with Crippen molar-refractivity contribution >= 4 is 27.7 Å². The highest BCUT2D eigenvalue weighted by atomic mass is 35.5. The molecule has 1 amide bonds. The summed E-state index contributed by atoms with van der Waals surface area (Å²) in [5.74, 6) is -0.143. The van der Waals surface area contributed by atoms with Crippen LogP contribution in [-0.4, -0.2) is 43.5 Å². The van der Waals surface area contributed by atoms with E-state index in [2.05, 4.69) is 5.32 Å². The lowest BCUT2D eigenvalue weighted by Gasteiger charge is -2.35. The van der Waals surface area contributed by atoms with Crippen molar-refractivity contribution in [3.8, 4) is 0 Å². The van der Waals surface area contributed by atoms with E-state index in [0.717, 1.165) is 12.8 Å². The summed E-state index contributed by atoms with van der Waals surface area (Å²) >= 11 is 6.11. The largest absolute Gasteiger partial charge is 0.444 e. The summed E-state index contributed by atoms with van der Waals surface area (Å²) in [7, 11) is -3.53. The number of ether oxygens (including phenoxy) is 1. The second-order valence-corrected chi connectivity index (χ2v) is 9.82. The second-order valence-electron chi connectivity index (χ2n) is 7.49. The monoisotopic (exact) mass is 402 g/mol. The molecule has 2 rings (SSSR count). The number of piperidine rings is 1. The Kier molecular flexibility index (Phi) is 6.93. The van der Waals surface area contributed by atoms with Crippen LogP contribution in [0.15, 0.2) is 24.3 Å². The number of amides is 1. The van der Waals surface area contributed by atoms with E-state index in [9.17, 15) is 13.2 Å². The zero-order valence-corrected chi connectivity index (χ0v) is 17.1.